The number of fused-ring (bicyclic) bond motifs is 1. The fourth-order valence-electron chi connectivity index (χ4n) is 5.12. The van der Waals surface area contributed by atoms with Crippen molar-refractivity contribution in [2.75, 3.05) is 39.3 Å². The molecule has 4 rings (SSSR count). The van der Waals surface area contributed by atoms with Gasteiger partial charge in [-0.1, -0.05) is 38.1 Å². The van der Waals surface area contributed by atoms with Crippen molar-refractivity contribution in [2.24, 2.45) is 16.3 Å². The molecule has 7 nitrogen and oxygen atoms in total. The highest BCUT2D eigenvalue weighted by molar-refractivity contribution is 6.39. The van der Waals surface area contributed by atoms with E-state index in [4.69, 9.17) is 0 Å². The third kappa shape index (κ3) is 4.74. The summed E-state index contributed by atoms with van der Waals surface area (Å²) in [5, 5.41) is 0. The van der Waals surface area contributed by atoms with Crippen molar-refractivity contribution >= 4 is 29.3 Å². The lowest BCUT2D eigenvalue weighted by Gasteiger charge is -2.34. The van der Waals surface area contributed by atoms with E-state index in [9.17, 15) is 19.2 Å². The van der Waals surface area contributed by atoms with E-state index in [1.807, 2.05) is 20.8 Å². The van der Waals surface area contributed by atoms with Gasteiger partial charge in [-0.25, -0.2) is 0 Å². The molecule has 1 heterocycles. The summed E-state index contributed by atoms with van der Waals surface area (Å²) < 4.78 is 0. The maximum absolute atomic E-state index is 12.8. The van der Waals surface area contributed by atoms with Crippen LogP contribution in [0.25, 0.3) is 0 Å². The van der Waals surface area contributed by atoms with Gasteiger partial charge >= 0.3 is 0 Å². The molecule has 1 aliphatic heterocycles. The van der Waals surface area contributed by atoms with Crippen molar-refractivity contribution in [3.8, 4) is 0 Å². The molecular formula is C26H32N3O4+. The van der Waals surface area contributed by atoms with Crippen LogP contribution in [0.2, 0.25) is 0 Å². The number of allylic oxidation sites excluding steroid dienone is 2. The minimum atomic E-state index is -0.676. The Morgan fingerprint density at radius 1 is 1.03 bits per heavy atom. The van der Waals surface area contributed by atoms with E-state index in [1.165, 1.54) is 4.90 Å². The third-order valence-corrected chi connectivity index (χ3v) is 7.03. The zero-order valence-electron chi connectivity index (χ0n) is 19.6. The maximum Gasteiger partial charge on any atom is 0.199 e. The molecular weight excluding hydrogens is 418 g/mol. The van der Waals surface area contributed by atoms with Crippen LogP contribution in [0.5, 0.6) is 0 Å². The first-order chi connectivity index (χ1) is 15.7. The molecule has 33 heavy (non-hydrogen) atoms. The molecule has 1 N–H and O–H groups in total. The van der Waals surface area contributed by atoms with E-state index in [2.05, 4.69) is 9.89 Å². The molecule has 0 radical (unpaired) electrons. The molecule has 0 atom stereocenters. The highest BCUT2D eigenvalue weighted by atomic mass is 16.2. The lowest BCUT2D eigenvalue weighted by molar-refractivity contribution is -0.902. The van der Waals surface area contributed by atoms with Gasteiger partial charge in [0.1, 0.15) is 17.5 Å². The Kier molecular flexibility index (Phi) is 6.43. The van der Waals surface area contributed by atoms with Gasteiger partial charge in [0.05, 0.1) is 44.8 Å². The smallest absolute Gasteiger partial charge is 0.199 e. The number of aliphatic imine (C=N–C) groups is 1. The number of nitrogens with one attached hydrogen (secondary N) is 1. The molecule has 0 spiro atoms. The Morgan fingerprint density at radius 2 is 1.58 bits per heavy atom. The summed E-state index contributed by atoms with van der Waals surface area (Å²) in [6, 6.07) is 7.00. The average molecular weight is 451 g/mol. The van der Waals surface area contributed by atoms with Crippen LogP contribution in [0.1, 0.15) is 54.3 Å². The number of piperazine rings is 1. The number of benzene rings is 1. The molecule has 0 unspecified atom stereocenters. The zero-order chi connectivity index (χ0) is 23.8. The van der Waals surface area contributed by atoms with Crippen LogP contribution < -0.4 is 4.90 Å². The lowest BCUT2D eigenvalue weighted by atomic mass is 9.72. The fraction of sp³-hybridized carbons (Fsp3) is 0.500. The van der Waals surface area contributed by atoms with Gasteiger partial charge in [0.25, 0.3) is 0 Å². The maximum atomic E-state index is 12.8. The predicted octanol–water partition coefficient (Wildman–Crippen LogP) is 1.19. The van der Waals surface area contributed by atoms with Crippen molar-refractivity contribution in [3.05, 3.63) is 46.7 Å². The van der Waals surface area contributed by atoms with Gasteiger partial charge in [-0.3, -0.25) is 24.2 Å². The number of quaternary nitrogens is 1. The standard InChI is InChI=1S/C26H31N3O4/c1-17(23-24(32)18-6-4-5-7-19(18)25(23)33)29-12-10-28(11-13-29)9-8-27-16-20-21(30)14-26(2,3)15-22(20)31/h4-7,16,20H,8-15H2,1-3H3/p+1. The first kappa shape index (κ1) is 23.2. The van der Waals surface area contributed by atoms with E-state index < -0.39 is 5.92 Å². The number of rotatable bonds is 5. The largest absolute Gasteiger partial charge is 0.363 e. The molecule has 174 valence electrons. The number of ketones is 4. The van der Waals surface area contributed by atoms with E-state index in [0.717, 1.165) is 38.4 Å². The fourth-order valence-corrected chi connectivity index (χ4v) is 5.12. The van der Waals surface area contributed by atoms with Crippen LogP contribution in [-0.2, 0) is 9.59 Å². The molecule has 1 saturated carbocycles. The number of Topliss-reactive ketones (excluding diaryl/α,β-unsaturated/α-hetero) is 4. The molecule has 2 fully saturated rings. The van der Waals surface area contributed by atoms with Gasteiger partial charge in [0, 0.05) is 35.9 Å². The van der Waals surface area contributed by atoms with Crippen molar-refractivity contribution in [2.45, 2.75) is 33.6 Å². The number of nitrogens with zero attached hydrogens (tertiary/aromatic N) is 2. The number of carbonyl (C=O) groups excluding carboxylic acids is 4. The van der Waals surface area contributed by atoms with Crippen LogP contribution in [-0.4, -0.2) is 73.5 Å². The average Bonchev–Trinajstić information content (AvgIpc) is 3.02. The van der Waals surface area contributed by atoms with Gasteiger partial charge in [-0.2, -0.15) is 0 Å². The first-order valence-corrected chi connectivity index (χ1v) is 11.7. The van der Waals surface area contributed by atoms with Crippen LogP contribution in [0, 0.1) is 11.3 Å². The number of hydrogen-bond donors (Lipinski definition) is 1. The molecule has 1 aromatic rings. The van der Waals surface area contributed by atoms with E-state index in [1.54, 1.807) is 30.5 Å². The summed E-state index contributed by atoms with van der Waals surface area (Å²) in [7, 11) is 0. The molecule has 0 amide bonds. The van der Waals surface area contributed by atoms with E-state index in [-0.39, 0.29) is 28.5 Å². The Balaban J connectivity index is 1.29. The van der Waals surface area contributed by atoms with Gasteiger partial charge in [-0.15, -0.1) is 0 Å². The highest BCUT2D eigenvalue weighted by Gasteiger charge is 2.39. The van der Waals surface area contributed by atoms with Crippen molar-refractivity contribution in [3.63, 3.8) is 0 Å². The third-order valence-electron chi connectivity index (χ3n) is 7.03. The summed E-state index contributed by atoms with van der Waals surface area (Å²) >= 11 is 0. The first-order valence-electron chi connectivity index (χ1n) is 11.7. The van der Waals surface area contributed by atoms with Crippen LogP contribution in [0.4, 0.5) is 0 Å². The Hall–Kier alpha value is -2.93. The Bertz CT molecular complexity index is 1000. The van der Waals surface area contributed by atoms with Crippen molar-refractivity contribution in [1.29, 1.82) is 0 Å². The summed E-state index contributed by atoms with van der Waals surface area (Å²) in [5.74, 6) is -1.07. The minimum absolute atomic E-state index is 0.0253. The topological polar surface area (TPSA) is 88.3 Å². The summed E-state index contributed by atoms with van der Waals surface area (Å²) in [6.45, 7) is 10.5. The summed E-state index contributed by atoms with van der Waals surface area (Å²) in [6.07, 6.45) is 2.40. The SMILES string of the molecule is CC(=C1C(=O)c2ccccc2C1=O)N1CC[NH+](CCN=CC2C(=O)CC(C)(C)CC2=O)CC1. The van der Waals surface area contributed by atoms with Gasteiger partial charge in [-0.05, 0) is 12.3 Å². The minimum Gasteiger partial charge on any atom is -0.363 e. The van der Waals surface area contributed by atoms with Gasteiger partial charge in [0.2, 0.25) is 0 Å². The molecule has 7 heteroatoms. The highest BCUT2D eigenvalue weighted by Crippen LogP contribution is 2.33. The second-order valence-corrected chi connectivity index (χ2v) is 10.1. The lowest BCUT2D eigenvalue weighted by Crippen LogP contribution is -3.15. The summed E-state index contributed by atoms with van der Waals surface area (Å²) in [4.78, 5) is 58.0. The van der Waals surface area contributed by atoms with Crippen LogP contribution >= 0.6 is 0 Å². The zero-order valence-corrected chi connectivity index (χ0v) is 19.6. The molecule has 0 bridgehead atoms. The van der Waals surface area contributed by atoms with Crippen LogP contribution in [0.3, 0.4) is 0 Å². The van der Waals surface area contributed by atoms with Gasteiger partial charge in [0.15, 0.2) is 11.6 Å². The Labute approximate surface area is 194 Å². The molecule has 2 aliphatic carbocycles. The second kappa shape index (κ2) is 9.14. The molecule has 1 saturated heterocycles. The normalized spacial score (nSPS) is 21.9. The number of carbonyl (C=O) groups is 4. The molecule has 3 aliphatic rings. The van der Waals surface area contributed by atoms with Crippen molar-refractivity contribution < 1.29 is 24.1 Å². The van der Waals surface area contributed by atoms with E-state index >= 15 is 0 Å². The molecule has 1 aromatic carbocycles. The second-order valence-electron chi connectivity index (χ2n) is 10.1. The number of hydrogen-bond acceptors (Lipinski definition) is 6. The quantitative estimate of drug-likeness (QED) is 0.315. The Morgan fingerprint density at radius 3 is 2.12 bits per heavy atom. The summed E-state index contributed by atoms with van der Waals surface area (Å²) in [5.41, 5.74) is 1.81. The predicted molar refractivity (Wildman–Crippen MR) is 125 cm³/mol. The van der Waals surface area contributed by atoms with Crippen LogP contribution in [0.15, 0.2) is 40.5 Å². The molecule has 0 aromatic heterocycles. The van der Waals surface area contributed by atoms with E-state index in [0.29, 0.717) is 36.1 Å². The van der Waals surface area contributed by atoms with Gasteiger partial charge < -0.3 is 9.80 Å². The van der Waals surface area contributed by atoms with Crippen molar-refractivity contribution in [1.82, 2.24) is 4.90 Å². The monoisotopic (exact) mass is 450 g/mol.